The molecule has 2 atom stereocenters. The van der Waals surface area contributed by atoms with Crippen LogP contribution in [-0.4, -0.2) is 32.5 Å². The lowest BCUT2D eigenvalue weighted by molar-refractivity contribution is 0.280. The van der Waals surface area contributed by atoms with Gasteiger partial charge in [0.1, 0.15) is 9.84 Å². The van der Waals surface area contributed by atoms with Gasteiger partial charge in [0.15, 0.2) is 0 Å². The molecule has 0 aliphatic heterocycles. The Hall–Kier alpha value is -0.0900. The highest BCUT2D eigenvalue weighted by molar-refractivity contribution is 7.91. The monoisotopic (exact) mass is 275 g/mol. The molecule has 0 bridgehead atoms. The van der Waals surface area contributed by atoms with Gasteiger partial charge in [0.05, 0.1) is 5.75 Å². The molecule has 0 heterocycles. The molecule has 1 aliphatic rings. The number of nitrogens with one attached hydrogen (secondary N) is 1. The fourth-order valence-corrected chi connectivity index (χ4v) is 4.36. The fourth-order valence-electron chi connectivity index (χ4n) is 2.85. The topological polar surface area (TPSA) is 46.2 Å². The summed E-state index contributed by atoms with van der Waals surface area (Å²) in [5, 5.41) is 3.57. The molecule has 1 saturated carbocycles. The second kappa shape index (κ2) is 8.16. The van der Waals surface area contributed by atoms with E-state index in [1.807, 2.05) is 6.92 Å². The highest BCUT2D eigenvalue weighted by atomic mass is 32.2. The predicted octanol–water partition coefficient (Wildman–Crippen LogP) is 2.76. The molecule has 0 aromatic heterocycles. The van der Waals surface area contributed by atoms with Crippen LogP contribution in [0.3, 0.4) is 0 Å². The van der Waals surface area contributed by atoms with Crippen molar-refractivity contribution in [3.8, 4) is 0 Å². The van der Waals surface area contributed by atoms with Crippen LogP contribution in [-0.2, 0) is 9.84 Å². The molecule has 3 nitrogen and oxygen atoms in total. The Labute approximate surface area is 113 Å². The van der Waals surface area contributed by atoms with E-state index in [2.05, 4.69) is 12.2 Å². The molecule has 1 fully saturated rings. The van der Waals surface area contributed by atoms with Crippen molar-refractivity contribution in [3.05, 3.63) is 0 Å². The van der Waals surface area contributed by atoms with Crippen molar-refractivity contribution in [2.75, 3.05) is 18.1 Å². The van der Waals surface area contributed by atoms with E-state index < -0.39 is 9.84 Å². The molecular formula is C14H29NO2S. The molecule has 0 saturated heterocycles. The first-order chi connectivity index (χ1) is 8.57. The third-order valence-corrected chi connectivity index (χ3v) is 5.71. The lowest BCUT2D eigenvalue weighted by Gasteiger charge is -2.29. The number of hydrogen-bond acceptors (Lipinski definition) is 3. The Morgan fingerprint density at radius 1 is 1.11 bits per heavy atom. The summed E-state index contributed by atoms with van der Waals surface area (Å²) in [5.41, 5.74) is 0. The van der Waals surface area contributed by atoms with Crippen LogP contribution in [0.4, 0.5) is 0 Å². The summed E-state index contributed by atoms with van der Waals surface area (Å²) in [7, 11) is -2.79. The van der Waals surface area contributed by atoms with E-state index in [1.165, 1.54) is 32.1 Å². The zero-order chi connectivity index (χ0) is 13.4. The second-order valence-electron chi connectivity index (χ2n) is 5.62. The summed E-state index contributed by atoms with van der Waals surface area (Å²) in [5.74, 6) is 1.36. The van der Waals surface area contributed by atoms with Crippen molar-refractivity contribution in [2.24, 2.45) is 5.92 Å². The molecule has 4 heteroatoms. The van der Waals surface area contributed by atoms with Crippen molar-refractivity contribution in [1.29, 1.82) is 0 Å². The Kier molecular flexibility index (Phi) is 7.23. The maximum atomic E-state index is 11.7. The Balaban J connectivity index is 2.29. The van der Waals surface area contributed by atoms with E-state index in [1.54, 1.807) is 0 Å². The molecule has 1 aliphatic carbocycles. The first-order valence-electron chi connectivity index (χ1n) is 7.51. The van der Waals surface area contributed by atoms with Crippen molar-refractivity contribution >= 4 is 9.84 Å². The SMILES string of the molecule is CCCNC1CCCC(CCS(=O)(=O)CCC)C1. The lowest BCUT2D eigenvalue weighted by Crippen LogP contribution is -2.35. The average molecular weight is 275 g/mol. The van der Waals surface area contributed by atoms with E-state index in [4.69, 9.17) is 0 Å². The Morgan fingerprint density at radius 2 is 1.89 bits per heavy atom. The molecule has 108 valence electrons. The van der Waals surface area contributed by atoms with E-state index in [0.717, 1.165) is 19.4 Å². The highest BCUT2D eigenvalue weighted by Crippen LogP contribution is 2.27. The number of hydrogen-bond donors (Lipinski definition) is 1. The van der Waals surface area contributed by atoms with Gasteiger partial charge in [-0.3, -0.25) is 0 Å². The van der Waals surface area contributed by atoms with Crippen LogP contribution in [0.15, 0.2) is 0 Å². The second-order valence-corrected chi connectivity index (χ2v) is 7.93. The Morgan fingerprint density at radius 3 is 2.56 bits per heavy atom. The average Bonchev–Trinajstić information content (AvgIpc) is 2.35. The molecule has 0 amide bonds. The van der Waals surface area contributed by atoms with Gasteiger partial charge in [-0.15, -0.1) is 0 Å². The van der Waals surface area contributed by atoms with Gasteiger partial charge in [-0.25, -0.2) is 8.42 Å². The van der Waals surface area contributed by atoms with Crippen LogP contribution in [0, 0.1) is 5.92 Å². The molecule has 0 aromatic rings. The van der Waals surface area contributed by atoms with Crippen molar-refractivity contribution in [2.45, 2.75) is 64.8 Å². The van der Waals surface area contributed by atoms with Crippen LogP contribution >= 0.6 is 0 Å². The lowest BCUT2D eigenvalue weighted by atomic mass is 9.84. The van der Waals surface area contributed by atoms with Gasteiger partial charge in [-0.1, -0.05) is 26.7 Å². The largest absolute Gasteiger partial charge is 0.314 e. The summed E-state index contributed by atoms with van der Waals surface area (Å²) in [6, 6.07) is 0.623. The fraction of sp³-hybridized carbons (Fsp3) is 1.00. The van der Waals surface area contributed by atoms with Gasteiger partial charge in [-0.2, -0.15) is 0 Å². The van der Waals surface area contributed by atoms with Gasteiger partial charge >= 0.3 is 0 Å². The summed E-state index contributed by atoms with van der Waals surface area (Å²) < 4.78 is 23.4. The molecule has 2 unspecified atom stereocenters. The molecule has 0 aromatic carbocycles. The normalized spacial score (nSPS) is 25.2. The van der Waals surface area contributed by atoms with Crippen LogP contribution in [0.2, 0.25) is 0 Å². The zero-order valence-electron chi connectivity index (χ0n) is 12.0. The van der Waals surface area contributed by atoms with Crippen LogP contribution in [0.25, 0.3) is 0 Å². The first kappa shape index (κ1) is 16.0. The molecule has 18 heavy (non-hydrogen) atoms. The van der Waals surface area contributed by atoms with E-state index in [0.29, 0.717) is 23.5 Å². The highest BCUT2D eigenvalue weighted by Gasteiger charge is 2.22. The van der Waals surface area contributed by atoms with Crippen molar-refractivity contribution in [3.63, 3.8) is 0 Å². The molecule has 1 N–H and O–H groups in total. The maximum Gasteiger partial charge on any atom is 0.150 e. The van der Waals surface area contributed by atoms with E-state index in [9.17, 15) is 8.42 Å². The summed E-state index contributed by atoms with van der Waals surface area (Å²) >= 11 is 0. The zero-order valence-corrected chi connectivity index (χ0v) is 12.8. The van der Waals surface area contributed by atoms with Crippen molar-refractivity contribution in [1.82, 2.24) is 5.32 Å². The maximum absolute atomic E-state index is 11.7. The molecule has 0 spiro atoms. The smallest absolute Gasteiger partial charge is 0.150 e. The molecule has 0 radical (unpaired) electrons. The van der Waals surface area contributed by atoms with Crippen molar-refractivity contribution < 1.29 is 8.42 Å². The van der Waals surface area contributed by atoms with Gasteiger partial charge < -0.3 is 5.32 Å². The van der Waals surface area contributed by atoms with E-state index >= 15 is 0 Å². The minimum Gasteiger partial charge on any atom is -0.314 e. The third-order valence-electron chi connectivity index (χ3n) is 3.82. The van der Waals surface area contributed by atoms with E-state index in [-0.39, 0.29) is 0 Å². The minimum absolute atomic E-state index is 0.358. The quantitative estimate of drug-likeness (QED) is 0.741. The Bertz CT molecular complexity index is 314. The standard InChI is InChI=1S/C14H29NO2S/c1-3-9-15-14-7-5-6-13(12-14)8-11-18(16,17)10-4-2/h13-15H,3-12H2,1-2H3. The predicted molar refractivity (Wildman–Crippen MR) is 77.6 cm³/mol. The third kappa shape index (κ3) is 6.19. The first-order valence-corrected chi connectivity index (χ1v) is 9.33. The van der Waals surface area contributed by atoms with Gasteiger partial charge in [-0.05, 0) is 44.6 Å². The van der Waals surface area contributed by atoms with Crippen LogP contribution in [0.5, 0.6) is 0 Å². The van der Waals surface area contributed by atoms with Gasteiger partial charge in [0.2, 0.25) is 0 Å². The number of sulfone groups is 1. The molecular weight excluding hydrogens is 246 g/mol. The summed E-state index contributed by atoms with van der Waals surface area (Å²) in [6.07, 6.45) is 7.68. The molecule has 1 rings (SSSR count). The van der Waals surface area contributed by atoms with Crippen LogP contribution < -0.4 is 5.32 Å². The summed E-state index contributed by atoms with van der Waals surface area (Å²) in [6.45, 7) is 5.21. The van der Waals surface area contributed by atoms with Crippen LogP contribution in [0.1, 0.15) is 58.8 Å². The van der Waals surface area contributed by atoms with Gasteiger partial charge in [0, 0.05) is 11.8 Å². The summed E-state index contributed by atoms with van der Waals surface area (Å²) in [4.78, 5) is 0. The minimum atomic E-state index is -2.79. The number of rotatable bonds is 8. The van der Waals surface area contributed by atoms with Gasteiger partial charge in [0.25, 0.3) is 0 Å².